The summed E-state index contributed by atoms with van der Waals surface area (Å²) in [6.07, 6.45) is 1.63. The predicted octanol–water partition coefficient (Wildman–Crippen LogP) is 3.49. The van der Waals surface area contributed by atoms with Crippen molar-refractivity contribution in [2.45, 2.75) is 17.9 Å². The Hall–Kier alpha value is -3.87. The lowest BCUT2D eigenvalue weighted by atomic mass is 10.1. The molecule has 0 fully saturated rings. The molecule has 0 aromatic heterocycles. The highest BCUT2D eigenvalue weighted by molar-refractivity contribution is 7.90. The zero-order valence-corrected chi connectivity index (χ0v) is 17.7. The molecule has 154 valence electrons. The van der Waals surface area contributed by atoms with E-state index in [0.29, 0.717) is 23.1 Å². The lowest BCUT2D eigenvalue weighted by Crippen LogP contribution is -2.23. The van der Waals surface area contributed by atoms with E-state index in [4.69, 9.17) is 5.26 Å². The third-order valence-corrected chi connectivity index (χ3v) is 5.68. The fourth-order valence-electron chi connectivity index (χ4n) is 2.91. The van der Waals surface area contributed by atoms with Crippen molar-refractivity contribution in [3.63, 3.8) is 0 Å². The molecule has 31 heavy (non-hydrogen) atoms. The second kappa shape index (κ2) is 9.75. The van der Waals surface area contributed by atoms with Crippen LogP contribution in [0.5, 0.6) is 0 Å². The van der Waals surface area contributed by atoms with Crippen molar-refractivity contribution < 1.29 is 13.2 Å². The predicted molar refractivity (Wildman–Crippen MR) is 119 cm³/mol. The van der Waals surface area contributed by atoms with Gasteiger partial charge in [-0.15, -0.1) is 0 Å². The Morgan fingerprint density at radius 1 is 0.968 bits per heavy atom. The summed E-state index contributed by atoms with van der Waals surface area (Å²) in [6.45, 7) is 0.269. The summed E-state index contributed by atoms with van der Waals surface area (Å²) in [5, 5.41) is 11.8. The van der Waals surface area contributed by atoms with E-state index >= 15 is 0 Å². The van der Waals surface area contributed by atoms with Gasteiger partial charge in [0.05, 0.1) is 22.1 Å². The number of carbonyl (C=O) groups is 1. The number of nitriles is 1. The Balaban J connectivity index is 1.68. The van der Waals surface area contributed by atoms with Gasteiger partial charge in [0.1, 0.15) is 0 Å². The molecule has 0 radical (unpaired) electrons. The molecule has 3 aromatic carbocycles. The number of hydrogen-bond donors (Lipinski definition) is 1. The van der Waals surface area contributed by atoms with Gasteiger partial charge in [0.25, 0.3) is 5.91 Å². The molecule has 5 nitrogen and oxygen atoms in total. The number of nitrogens with zero attached hydrogens (tertiary/aromatic N) is 1. The van der Waals surface area contributed by atoms with Crippen LogP contribution in [0.25, 0.3) is 0 Å². The Kier molecular flexibility index (Phi) is 6.87. The van der Waals surface area contributed by atoms with Crippen LogP contribution >= 0.6 is 0 Å². The van der Waals surface area contributed by atoms with Gasteiger partial charge in [-0.3, -0.25) is 4.79 Å². The van der Waals surface area contributed by atoms with E-state index in [9.17, 15) is 13.2 Å². The van der Waals surface area contributed by atoms with Crippen LogP contribution in [0.15, 0.2) is 77.7 Å². The van der Waals surface area contributed by atoms with Crippen molar-refractivity contribution in [1.29, 1.82) is 5.26 Å². The molecular weight excluding hydrogens is 408 g/mol. The van der Waals surface area contributed by atoms with Crippen molar-refractivity contribution in [2.24, 2.45) is 0 Å². The molecule has 0 aliphatic carbocycles. The largest absolute Gasteiger partial charge is 0.348 e. The van der Waals surface area contributed by atoms with E-state index in [1.165, 1.54) is 12.1 Å². The van der Waals surface area contributed by atoms with E-state index in [2.05, 4.69) is 23.2 Å². The summed E-state index contributed by atoms with van der Waals surface area (Å²) in [6, 6.07) is 22.9. The normalized spacial score (nSPS) is 10.5. The van der Waals surface area contributed by atoms with Crippen LogP contribution in [0.1, 0.15) is 32.6 Å². The maximum atomic E-state index is 12.7. The smallest absolute Gasteiger partial charge is 0.252 e. The van der Waals surface area contributed by atoms with Gasteiger partial charge < -0.3 is 5.32 Å². The van der Waals surface area contributed by atoms with Crippen LogP contribution < -0.4 is 5.32 Å². The fourth-order valence-corrected chi connectivity index (χ4v) is 3.54. The molecule has 0 saturated carbocycles. The Labute approximate surface area is 182 Å². The highest BCUT2D eigenvalue weighted by Crippen LogP contribution is 2.12. The average Bonchev–Trinajstić information content (AvgIpc) is 2.77. The van der Waals surface area contributed by atoms with E-state index in [0.717, 1.165) is 17.4 Å². The standard InChI is InChI=1S/C25H20N2O3S/c1-31(29,30)23-14-12-20(13-15-23)18-27-25(28)24-11-3-2-9-22(24)10-5-7-19-6-4-8-21(16-19)17-26/h2-4,6,8-9,11-16H,7,18H2,1H3,(H,27,28). The number of sulfone groups is 1. The molecule has 3 aromatic rings. The molecule has 0 atom stereocenters. The summed E-state index contributed by atoms with van der Waals surface area (Å²) >= 11 is 0. The highest BCUT2D eigenvalue weighted by Gasteiger charge is 2.10. The van der Waals surface area contributed by atoms with Crippen LogP contribution in [0.2, 0.25) is 0 Å². The average molecular weight is 429 g/mol. The first-order chi connectivity index (χ1) is 14.9. The maximum absolute atomic E-state index is 12.7. The number of nitrogens with one attached hydrogen (secondary N) is 1. The molecule has 0 aliphatic rings. The molecular formula is C25H20N2O3S. The Bertz CT molecular complexity index is 1310. The van der Waals surface area contributed by atoms with Gasteiger partial charge in [-0.25, -0.2) is 8.42 Å². The molecule has 0 aliphatic heterocycles. The van der Waals surface area contributed by atoms with E-state index in [1.54, 1.807) is 42.5 Å². The molecule has 0 spiro atoms. The molecule has 0 unspecified atom stereocenters. The minimum atomic E-state index is -3.25. The second-order valence-electron chi connectivity index (χ2n) is 6.94. The van der Waals surface area contributed by atoms with Gasteiger partial charge in [-0.2, -0.15) is 5.26 Å². The van der Waals surface area contributed by atoms with Gasteiger partial charge in [0.15, 0.2) is 9.84 Å². The first-order valence-electron chi connectivity index (χ1n) is 9.51. The number of amides is 1. The van der Waals surface area contributed by atoms with Gasteiger partial charge in [-0.1, -0.05) is 48.2 Å². The van der Waals surface area contributed by atoms with E-state index < -0.39 is 9.84 Å². The third kappa shape index (κ3) is 6.05. The van der Waals surface area contributed by atoms with Gasteiger partial charge in [-0.05, 0) is 47.5 Å². The number of hydrogen-bond acceptors (Lipinski definition) is 4. The van der Waals surface area contributed by atoms with Crippen molar-refractivity contribution in [3.05, 3.63) is 101 Å². The highest BCUT2D eigenvalue weighted by atomic mass is 32.2. The fraction of sp³-hybridized carbons (Fsp3) is 0.120. The first kappa shape index (κ1) is 21.8. The zero-order chi connectivity index (χ0) is 22.3. The molecule has 6 heteroatoms. The Morgan fingerprint density at radius 3 is 2.42 bits per heavy atom. The number of benzene rings is 3. The summed E-state index contributed by atoms with van der Waals surface area (Å²) in [4.78, 5) is 12.9. The van der Waals surface area contributed by atoms with Crippen LogP contribution in [-0.4, -0.2) is 20.6 Å². The first-order valence-corrected chi connectivity index (χ1v) is 11.4. The zero-order valence-electron chi connectivity index (χ0n) is 16.9. The SMILES string of the molecule is CS(=O)(=O)c1ccc(CNC(=O)c2ccccc2C#CCc2cccc(C#N)c2)cc1. The van der Waals surface area contributed by atoms with E-state index in [-0.39, 0.29) is 17.3 Å². The number of rotatable bonds is 5. The topological polar surface area (TPSA) is 87.0 Å². The quantitative estimate of drug-likeness (QED) is 0.630. The van der Waals surface area contributed by atoms with Crippen molar-refractivity contribution in [2.75, 3.05) is 6.26 Å². The maximum Gasteiger partial charge on any atom is 0.252 e. The van der Waals surface area contributed by atoms with Crippen LogP contribution in [0, 0.1) is 23.2 Å². The summed E-state index contributed by atoms with van der Waals surface area (Å²) in [5.41, 5.74) is 3.40. The van der Waals surface area contributed by atoms with Crippen LogP contribution in [0.4, 0.5) is 0 Å². The molecule has 1 amide bonds. The second-order valence-corrected chi connectivity index (χ2v) is 8.95. The molecule has 3 rings (SSSR count). The van der Waals surface area contributed by atoms with Crippen molar-refractivity contribution in [1.82, 2.24) is 5.32 Å². The molecule has 0 heterocycles. The molecule has 0 saturated heterocycles. The minimum absolute atomic E-state index is 0.239. The van der Waals surface area contributed by atoms with Crippen molar-refractivity contribution in [3.8, 4) is 17.9 Å². The minimum Gasteiger partial charge on any atom is -0.348 e. The lowest BCUT2D eigenvalue weighted by Gasteiger charge is -2.08. The van der Waals surface area contributed by atoms with Crippen LogP contribution in [-0.2, 0) is 22.8 Å². The van der Waals surface area contributed by atoms with Gasteiger partial charge in [0, 0.05) is 24.8 Å². The lowest BCUT2D eigenvalue weighted by molar-refractivity contribution is 0.0950. The van der Waals surface area contributed by atoms with Gasteiger partial charge >= 0.3 is 0 Å². The van der Waals surface area contributed by atoms with Crippen LogP contribution in [0.3, 0.4) is 0 Å². The van der Waals surface area contributed by atoms with Crippen molar-refractivity contribution >= 4 is 15.7 Å². The number of carbonyl (C=O) groups excluding carboxylic acids is 1. The van der Waals surface area contributed by atoms with Gasteiger partial charge in [0.2, 0.25) is 0 Å². The monoisotopic (exact) mass is 428 g/mol. The molecule has 0 bridgehead atoms. The van der Waals surface area contributed by atoms with E-state index in [1.807, 2.05) is 18.2 Å². The summed E-state index contributed by atoms with van der Waals surface area (Å²) in [5.74, 6) is 5.84. The molecule has 1 N–H and O–H groups in total. The summed E-state index contributed by atoms with van der Waals surface area (Å²) in [7, 11) is -3.25. The third-order valence-electron chi connectivity index (χ3n) is 4.55. The summed E-state index contributed by atoms with van der Waals surface area (Å²) < 4.78 is 23.1. The Morgan fingerprint density at radius 2 is 1.71 bits per heavy atom.